The molecule has 1 aliphatic rings. The van der Waals surface area contributed by atoms with Crippen molar-refractivity contribution in [1.29, 1.82) is 0 Å². The number of ether oxygens (including phenoxy) is 2. The lowest BCUT2D eigenvalue weighted by Crippen LogP contribution is -2.37. The van der Waals surface area contributed by atoms with Gasteiger partial charge in [0, 0.05) is 19.7 Å². The van der Waals surface area contributed by atoms with Gasteiger partial charge < -0.3 is 18.6 Å². The van der Waals surface area contributed by atoms with Gasteiger partial charge >= 0.3 is 16.3 Å². The number of methoxy groups -OCH3 is 1. The molecule has 0 N–H and O–H groups in total. The first-order valence-corrected chi connectivity index (χ1v) is 13.7. The van der Waals surface area contributed by atoms with Crippen LogP contribution in [0, 0.1) is 0 Å². The Morgan fingerprint density at radius 1 is 1.08 bits per heavy atom. The summed E-state index contributed by atoms with van der Waals surface area (Å²) in [5, 5.41) is 0.283. The van der Waals surface area contributed by atoms with Crippen LogP contribution in [0.25, 0.3) is 0 Å². The number of rotatable bonds is 9. The molecule has 4 rings (SSSR count). The second-order valence-corrected chi connectivity index (χ2v) is 10.8. The van der Waals surface area contributed by atoms with E-state index in [0.29, 0.717) is 23.8 Å². The second-order valence-electron chi connectivity index (χ2n) is 8.85. The minimum absolute atomic E-state index is 0.0393. The van der Waals surface area contributed by atoms with Gasteiger partial charge in [-0.2, -0.15) is 21.6 Å². The van der Waals surface area contributed by atoms with Gasteiger partial charge in [-0.25, -0.2) is 0 Å². The average Bonchev–Trinajstić information content (AvgIpc) is 3.41. The van der Waals surface area contributed by atoms with Gasteiger partial charge in [-0.3, -0.25) is 4.79 Å². The van der Waals surface area contributed by atoms with Crippen molar-refractivity contribution in [2.24, 2.45) is 0 Å². The summed E-state index contributed by atoms with van der Waals surface area (Å²) in [6.45, 7) is 0.912. The van der Waals surface area contributed by atoms with Crippen molar-refractivity contribution in [2.75, 3.05) is 20.3 Å². The van der Waals surface area contributed by atoms with Crippen LogP contribution in [0.3, 0.4) is 0 Å². The van der Waals surface area contributed by atoms with Crippen LogP contribution < -0.4 is 8.92 Å². The van der Waals surface area contributed by atoms with Crippen LogP contribution in [0.4, 0.5) is 13.2 Å². The lowest BCUT2D eigenvalue weighted by molar-refractivity contribution is -0.137. The number of carbonyl (C=O) groups is 1. The van der Waals surface area contributed by atoms with E-state index in [9.17, 15) is 26.4 Å². The normalized spacial score (nSPS) is 15.7. The quantitative estimate of drug-likeness (QED) is 0.289. The molecule has 0 saturated carbocycles. The Labute approximate surface area is 229 Å². The molecule has 0 aromatic heterocycles. The summed E-state index contributed by atoms with van der Waals surface area (Å²) >= 11 is 6.27. The van der Waals surface area contributed by atoms with Gasteiger partial charge in [-0.15, -0.1) is 0 Å². The Morgan fingerprint density at radius 3 is 2.51 bits per heavy atom. The van der Waals surface area contributed by atoms with Crippen molar-refractivity contribution < 1.29 is 40.0 Å². The highest BCUT2D eigenvalue weighted by Gasteiger charge is 2.32. The molecule has 12 heteroatoms. The van der Waals surface area contributed by atoms with Crippen LogP contribution in [0.2, 0.25) is 5.02 Å². The first kappa shape index (κ1) is 28.7. The van der Waals surface area contributed by atoms with E-state index >= 15 is 0 Å². The fourth-order valence-electron chi connectivity index (χ4n) is 4.16. The average molecular weight is 584 g/mol. The van der Waals surface area contributed by atoms with Crippen molar-refractivity contribution in [3.05, 3.63) is 88.4 Å². The van der Waals surface area contributed by atoms with Gasteiger partial charge in [0.15, 0.2) is 11.5 Å². The zero-order valence-corrected chi connectivity index (χ0v) is 22.4. The summed E-state index contributed by atoms with van der Waals surface area (Å²) in [4.78, 5) is 14.3. The Morgan fingerprint density at radius 2 is 1.85 bits per heavy atom. The molecule has 0 radical (unpaired) electrons. The molecule has 1 saturated heterocycles. The van der Waals surface area contributed by atoms with Crippen LogP contribution in [0.5, 0.6) is 11.5 Å². The summed E-state index contributed by atoms with van der Waals surface area (Å²) in [5.41, 5.74) is -0.339. The van der Waals surface area contributed by atoms with E-state index in [1.165, 1.54) is 19.2 Å². The molecule has 0 bridgehead atoms. The molecule has 1 atom stereocenters. The SMILES string of the molecule is COc1ccc(CN(CC2CCCO2)C(=O)c2ccccc2Cl)cc1OS(=O)(=O)c1cccc(C(F)(F)F)c1. The summed E-state index contributed by atoms with van der Waals surface area (Å²) in [6, 6.07) is 14.3. The zero-order valence-electron chi connectivity index (χ0n) is 20.8. The molecular formula is C27H25ClF3NO6S. The van der Waals surface area contributed by atoms with E-state index in [0.717, 1.165) is 31.0 Å². The van der Waals surface area contributed by atoms with Gasteiger partial charge in [-0.1, -0.05) is 35.9 Å². The molecule has 1 aliphatic heterocycles. The third-order valence-electron chi connectivity index (χ3n) is 6.09. The molecule has 1 amide bonds. The molecule has 3 aromatic carbocycles. The van der Waals surface area contributed by atoms with Crippen LogP contribution in [0.1, 0.15) is 34.3 Å². The van der Waals surface area contributed by atoms with Gasteiger partial charge in [-0.05, 0) is 60.9 Å². The lowest BCUT2D eigenvalue weighted by Gasteiger charge is -2.26. The molecule has 3 aromatic rings. The Balaban J connectivity index is 1.63. The Bertz CT molecular complexity index is 1440. The maximum atomic E-state index is 13.4. The number of hydrogen-bond acceptors (Lipinski definition) is 6. The standard InChI is InChI=1S/C27H25ClF3NO6S/c1-36-24-12-11-18(14-25(24)38-39(34,35)21-8-4-6-19(15-21)27(29,30)31)16-32(17-20-7-5-13-37-20)26(33)22-9-2-3-10-23(22)28/h2-4,6,8-12,14-15,20H,5,7,13,16-17H2,1H3. The van der Waals surface area contributed by atoms with Crippen molar-refractivity contribution >= 4 is 27.6 Å². The summed E-state index contributed by atoms with van der Waals surface area (Å²) in [6.07, 6.45) is -3.26. The van der Waals surface area contributed by atoms with Crippen LogP contribution in [-0.4, -0.2) is 45.6 Å². The molecule has 1 fully saturated rings. The fraction of sp³-hybridized carbons (Fsp3) is 0.296. The van der Waals surface area contributed by atoms with Gasteiger partial charge in [0.25, 0.3) is 5.91 Å². The minimum Gasteiger partial charge on any atom is -0.493 e. The summed E-state index contributed by atoms with van der Waals surface area (Å²) < 4.78 is 81.4. The van der Waals surface area contributed by atoms with E-state index in [1.54, 1.807) is 35.2 Å². The molecule has 39 heavy (non-hydrogen) atoms. The van der Waals surface area contributed by atoms with Crippen molar-refractivity contribution in [3.8, 4) is 11.5 Å². The molecule has 0 spiro atoms. The molecule has 7 nitrogen and oxygen atoms in total. The van der Waals surface area contributed by atoms with E-state index < -0.39 is 26.8 Å². The highest BCUT2D eigenvalue weighted by Crippen LogP contribution is 2.34. The number of nitrogens with zero attached hydrogens (tertiary/aromatic N) is 1. The number of halogens is 4. The molecule has 208 valence electrons. The third kappa shape index (κ3) is 7.03. The molecule has 1 unspecified atom stereocenters. The zero-order chi connectivity index (χ0) is 28.2. The van der Waals surface area contributed by atoms with Gasteiger partial charge in [0.1, 0.15) is 4.90 Å². The third-order valence-corrected chi connectivity index (χ3v) is 7.65. The fourth-order valence-corrected chi connectivity index (χ4v) is 5.35. The number of hydrogen-bond donors (Lipinski definition) is 0. The molecule has 1 heterocycles. The van der Waals surface area contributed by atoms with E-state index in [2.05, 4.69) is 0 Å². The largest absolute Gasteiger partial charge is 0.493 e. The van der Waals surface area contributed by atoms with Crippen LogP contribution in [-0.2, 0) is 27.6 Å². The molecule has 0 aliphatic carbocycles. The van der Waals surface area contributed by atoms with Gasteiger partial charge in [0.05, 0.1) is 29.4 Å². The topological polar surface area (TPSA) is 82.1 Å². The lowest BCUT2D eigenvalue weighted by atomic mass is 10.1. The van der Waals surface area contributed by atoms with Crippen molar-refractivity contribution in [3.63, 3.8) is 0 Å². The minimum atomic E-state index is -4.73. The number of alkyl halides is 3. The Hall–Kier alpha value is -3.28. The monoisotopic (exact) mass is 583 g/mol. The smallest absolute Gasteiger partial charge is 0.416 e. The van der Waals surface area contributed by atoms with E-state index in [-0.39, 0.29) is 41.6 Å². The molecular weight excluding hydrogens is 559 g/mol. The van der Waals surface area contributed by atoms with E-state index in [4.69, 9.17) is 25.3 Å². The first-order valence-electron chi connectivity index (χ1n) is 11.9. The highest BCUT2D eigenvalue weighted by atomic mass is 35.5. The number of benzene rings is 3. The highest BCUT2D eigenvalue weighted by molar-refractivity contribution is 7.87. The Kier molecular flexibility index (Phi) is 8.73. The maximum absolute atomic E-state index is 13.4. The summed E-state index contributed by atoms with van der Waals surface area (Å²) in [5.74, 6) is -0.543. The van der Waals surface area contributed by atoms with Crippen LogP contribution >= 0.6 is 11.6 Å². The predicted octanol–water partition coefficient (Wildman–Crippen LogP) is 5.96. The van der Waals surface area contributed by atoms with Crippen LogP contribution in [0.15, 0.2) is 71.6 Å². The van der Waals surface area contributed by atoms with Crippen molar-refractivity contribution in [2.45, 2.75) is 36.6 Å². The van der Waals surface area contributed by atoms with Gasteiger partial charge in [0.2, 0.25) is 0 Å². The predicted molar refractivity (Wildman–Crippen MR) is 137 cm³/mol. The first-order chi connectivity index (χ1) is 18.5. The number of amides is 1. The number of carbonyl (C=O) groups excluding carboxylic acids is 1. The second kappa shape index (κ2) is 11.8. The maximum Gasteiger partial charge on any atom is 0.416 e. The summed E-state index contributed by atoms with van der Waals surface area (Å²) in [7, 11) is -3.36. The van der Waals surface area contributed by atoms with Crippen molar-refractivity contribution in [1.82, 2.24) is 4.90 Å². The van der Waals surface area contributed by atoms with E-state index in [1.807, 2.05) is 0 Å².